The van der Waals surface area contributed by atoms with Gasteiger partial charge in [0.25, 0.3) is 0 Å². The van der Waals surface area contributed by atoms with Gasteiger partial charge in [0.05, 0.1) is 5.41 Å². The van der Waals surface area contributed by atoms with Crippen LogP contribution in [-0.2, 0) is 9.59 Å². The summed E-state index contributed by atoms with van der Waals surface area (Å²) < 4.78 is 0. The summed E-state index contributed by atoms with van der Waals surface area (Å²) in [5.41, 5.74) is -0.989. The van der Waals surface area contributed by atoms with E-state index in [4.69, 9.17) is 5.11 Å². The van der Waals surface area contributed by atoms with Gasteiger partial charge < -0.3 is 14.9 Å². The van der Waals surface area contributed by atoms with E-state index in [-0.39, 0.29) is 18.4 Å². The predicted molar refractivity (Wildman–Crippen MR) is 69.3 cm³/mol. The zero-order valence-corrected chi connectivity index (χ0v) is 11.8. The first-order chi connectivity index (χ1) is 8.24. The largest absolute Gasteiger partial charge is 0.481 e. The smallest absolute Gasteiger partial charge is 0.309 e. The van der Waals surface area contributed by atoms with Crippen molar-refractivity contribution in [2.45, 2.75) is 39.2 Å². The summed E-state index contributed by atoms with van der Waals surface area (Å²) in [6, 6.07) is 0.248. The van der Waals surface area contributed by atoms with Gasteiger partial charge in [-0.1, -0.05) is 0 Å². The number of likely N-dealkylation sites (tertiary alicyclic amines) is 1. The minimum atomic E-state index is -0.989. The SMILES string of the molecule is CN1CCC(N(C)C(=O)CC(C)(C)C(=O)O)CC1. The molecule has 0 atom stereocenters. The zero-order chi connectivity index (χ0) is 13.9. The van der Waals surface area contributed by atoms with Crippen LogP contribution in [-0.4, -0.2) is 60.0 Å². The van der Waals surface area contributed by atoms with Crippen molar-refractivity contribution >= 4 is 11.9 Å². The van der Waals surface area contributed by atoms with Crippen molar-refractivity contribution in [3.63, 3.8) is 0 Å². The molecule has 0 aromatic rings. The summed E-state index contributed by atoms with van der Waals surface area (Å²) in [4.78, 5) is 27.1. The molecular formula is C13H24N2O3. The average molecular weight is 256 g/mol. The first kappa shape index (κ1) is 15.0. The summed E-state index contributed by atoms with van der Waals surface area (Å²) in [7, 11) is 3.86. The fourth-order valence-corrected chi connectivity index (χ4v) is 2.16. The van der Waals surface area contributed by atoms with Gasteiger partial charge in [0.15, 0.2) is 0 Å². The highest BCUT2D eigenvalue weighted by Gasteiger charge is 2.33. The van der Waals surface area contributed by atoms with Crippen molar-refractivity contribution in [3.05, 3.63) is 0 Å². The van der Waals surface area contributed by atoms with E-state index in [2.05, 4.69) is 11.9 Å². The summed E-state index contributed by atoms with van der Waals surface area (Å²) in [5, 5.41) is 9.04. The highest BCUT2D eigenvalue weighted by molar-refractivity contribution is 5.84. The van der Waals surface area contributed by atoms with E-state index in [9.17, 15) is 9.59 Å². The minimum absolute atomic E-state index is 0.0607. The van der Waals surface area contributed by atoms with Crippen LogP contribution in [0.2, 0.25) is 0 Å². The fourth-order valence-electron chi connectivity index (χ4n) is 2.16. The number of nitrogens with zero attached hydrogens (tertiary/aromatic N) is 2. The zero-order valence-electron chi connectivity index (χ0n) is 11.8. The molecule has 5 nitrogen and oxygen atoms in total. The Morgan fingerprint density at radius 2 is 1.83 bits per heavy atom. The number of hydrogen-bond acceptors (Lipinski definition) is 3. The van der Waals surface area contributed by atoms with Crippen molar-refractivity contribution in [1.29, 1.82) is 0 Å². The Kier molecular flexibility index (Phi) is 4.73. The molecule has 0 radical (unpaired) electrons. The maximum atomic E-state index is 12.1. The number of carboxylic acid groups (broad SMARTS) is 1. The average Bonchev–Trinajstić information content (AvgIpc) is 2.28. The quantitative estimate of drug-likeness (QED) is 0.816. The summed E-state index contributed by atoms with van der Waals surface area (Å²) in [6.45, 7) is 5.17. The van der Waals surface area contributed by atoms with Crippen molar-refractivity contribution in [3.8, 4) is 0 Å². The molecule has 1 heterocycles. The van der Waals surface area contributed by atoms with Gasteiger partial charge >= 0.3 is 5.97 Å². The molecule has 18 heavy (non-hydrogen) atoms. The van der Waals surface area contributed by atoms with Crippen LogP contribution in [0, 0.1) is 5.41 Å². The molecule has 0 aromatic heterocycles. The normalized spacial score (nSPS) is 18.7. The minimum Gasteiger partial charge on any atom is -0.481 e. The van der Waals surface area contributed by atoms with E-state index in [0.717, 1.165) is 25.9 Å². The third-order valence-corrected chi connectivity index (χ3v) is 3.80. The molecule has 0 unspecified atom stereocenters. The van der Waals surface area contributed by atoms with Gasteiger partial charge in [0.2, 0.25) is 5.91 Å². The molecule has 0 saturated carbocycles. The molecule has 104 valence electrons. The number of carboxylic acids is 1. The number of aliphatic carboxylic acids is 1. The lowest BCUT2D eigenvalue weighted by atomic mass is 9.88. The molecule has 0 aliphatic carbocycles. The molecule has 0 aromatic carbocycles. The van der Waals surface area contributed by atoms with E-state index in [1.807, 2.05) is 0 Å². The number of carbonyl (C=O) groups excluding carboxylic acids is 1. The van der Waals surface area contributed by atoms with Gasteiger partial charge in [-0.15, -0.1) is 0 Å². The van der Waals surface area contributed by atoms with Crippen LogP contribution in [0.3, 0.4) is 0 Å². The van der Waals surface area contributed by atoms with Crippen LogP contribution in [0.5, 0.6) is 0 Å². The molecule has 1 aliphatic rings. The van der Waals surface area contributed by atoms with Crippen molar-refractivity contribution < 1.29 is 14.7 Å². The van der Waals surface area contributed by atoms with Crippen LogP contribution >= 0.6 is 0 Å². The van der Waals surface area contributed by atoms with Gasteiger partial charge in [0, 0.05) is 19.5 Å². The summed E-state index contributed by atoms with van der Waals surface area (Å²) >= 11 is 0. The Balaban J connectivity index is 2.54. The number of carbonyl (C=O) groups is 2. The van der Waals surface area contributed by atoms with Gasteiger partial charge in [-0.3, -0.25) is 9.59 Å². The monoisotopic (exact) mass is 256 g/mol. The van der Waals surface area contributed by atoms with Crippen LogP contribution in [0.1, 0.15) is 33.1 Å². The van der Waals surface area contributed by atoms with Gasteiger partial charge in [-0.05, 0) is 46.8 Å². The van der Waals surface area contributed by atoms with Crippen LogP contribution in [0.4, 0.5) is 0 Å². The standard InChI is InChI=1S/C13H24N2O3/c1-13(2,12(17)18)9-11(16)15(4)10-5-7-14(3)8-6-10/h10H,5-9H2,1-4H3,(H,17,18). The lowest BCUT2D eigenvalue weighted by molar-refractivity contribution is -0.151. The van der Waals surface area contributed by atoms with E-state index in [1.54, 1.807) is 25.8 Å². The van der Waals surface area contributed by atoms with E-state index < -0.39 is 11.4 Å². The van der Waals surface area contributed by atoms with Gasteiger partial charge in [-0.2, -0.15) is 0 Å². The highest BCUT2D eigenvalue weighted by Crippen LogP contribution is 2.23. The lowest BCUT2D eigenvalue weighted by Crippen LogP contribution is -2.46. The number of rotatable bonds is 4. The number of amides is 1. The first-order valence-electron chi connectivity index (χ1n) is 6.41. The van der Waals surface area contributed by atoms with Gasteiger partial charge in [0.1, 0.15) is 0 Å². The summed E-state index contributed by atoms with van der Waals surface area (Å²) in [6.07, 6.45) is 1.99. The topological polar surface area (TPSA) is 60.9 Å². The van der Waals surface area contributed by atoms with Crippen molar-refractivity contribution in [2.24, 2.45) is 5.41 Å². The van der Waals surface area contributed by atoms with Crippen LogP contribution in [0.15, 0.2) is 0 Å². The second kappa shape index (κ2) is 5.69. The Bertz CT molecular complexity index is 320. The molecule has 1 N–H and O–H groups in total. The third-order valence-electron chi connectivity index (χ3n) is 3.80. The molecular weight excluding hydrogens is 232 g/mol. The lowest BCUT2D eigenvalue weighted by Gasteiger charge is -2.36. The molecule has 1 amide bonds. The molecule has 0 bridgehead atoms. The van der Waals surface area contributed by atoms with E-state index in [1.165, 1.54) is 0 Å². The first-order valence-corrected chi connectivity index (χ1v) is 6.41. The molecule has 5 heteroatoms. The van der Waals surface area contributed by atoms with E-state index >= 15 is 0 Å². The Hall–Kier alpha value is -1.10. The number of hydrogen-bond donors (Lipinski definition) is 1. The second-order valence-electron chi connectivity index (χ2n) is 5.90. The van der Waals surface area contributed by atoms with Crippen LogP contribution < -0.4 is 0 Å². The predicted octanol–water partition coefficient (Wildman–Crippen LogP) is 1.04. The van der Waals surface area contributed by atoms with Crippen molar-refractivity contribution in [1.82, 2.24) is 9.80 Å². The van der Waals surface area contributed by atoms with Crippen molar-refractivity contribution in [2.75, 3.05) is 27.2 Å². The second-order valence-corrected chi connectivity index (χ2v) is 5.90. The third kappa shape index (κ3) is 3.70. The molecule has 0 spiro atoms. The van der Waals surface area contributed by atoms with E-state index in [0.29, 0.717) is 0 Å². The molecule has 1 aliphatic heterocycles. The maximum absolute atomic E-state index is 12.1. The number of piperidine rings is 1. The molecule has 1 fully saturated rings. The summed E-state index contributed by atoms with van der Waals surface area (Å²) in [5.74, 6) is -0.996. The Morgan fingerprint density at radius 1 is 1.33 bits per heavy atom. The van der Waals surface area contributed by atoms with Crippen LogP contribution in [0.25, 0.3) is 0 Å². The Morgan fingerprint density at radius 3 is 2.28 bits per heavy atom. The fraction of sp³-hybridized carbons (Fsp3) is 0.846. The molecule has 1 rings (SSSR count). The molecule has 1 saturated heterocycles. The van der Waals surface area contributed by atoms with Gasteiger partial charge in [-0.25, -0.2) is 0 Å². The highest BCUT2D eigenvalue weighted by atomic mass is 16.4. The Labute approximate surface area is 109 Å². The maximum Gasteiger partial charge on any atom is 0.309 e.